The maximum Gasteiger partial charge on any atom is 0.0661 e. The van der Waals surface area contributed by atoms with Crippen LogP contribution in [0.5, 0.6) is 0 Å². The molecule has 1 nitrogen and oxygen atoms in total. The van der Waals surface area contributed by atoms with Gasteiger partial charge in [0.2, 0.25) is 0 Å². The molecule has 3 aromatic rings. The molecule has 4 atom stereocenters. The summed E-state index contributed by atoms with van der Waals surface area (Å²) in [6.07, 6.45) is 10.3. The van der Waals surface area contributed by atoms with Gasteiger partial charge in [-0.15, -0.1) is 0 Å². The number of hydrogen-bond donors (Lipinski definition) is 0. The summed E-state index contributed by atoms with van der Waals surface area (Å²) >= 11 is 0. The lowest BCUT2D eigenvalue weighted by molar-refractivity contribution is -0.00471. The molecule has 0 heterocycles. The Hall–Kier alpha value is -2.16. The fourth-order valence-electron chi connectivity index (χ4n) is 7.81. The van der Waals surface area contributed by atoms with Gasteiger partial charge in [-0.05, 0) is 97.7 Å². The molecule has 0 saturated carbocycles. The van der Waals surface area contributed by atoms with Gasteiger partial charge in [-0.25, -0.2) is 0 Å². The average molecular weight is 525 g/mol. The van der Waals surface area contributed by atoms with Gasteiger partial charge in [-0.3, -0.25) is 0 Å². The van der Waals surface area contributed by atoms with Gasteiger partial charge in [-0.2, -0.15) is 0 Å². The van der Waals surface area contributed by atoms with E-state index >= 15 is 0 Å². The van der Waals surface area contributed by atoms with Crippen LogP contribution in [-0.4, -0.2) is 20.3 Å². The normalized spacial score (nSPS) is 22.2. The first-order valence-electron chi connectivity index (χ1n) is 15.2. The summed E-state index contributed by atoms with van der Waals surface area (Å²) in [5.74, 6) is 0.722. The Morgan fingerprint density at radius 3 is 2.18 bits per heavy atom. The van der Waals surface area contributed by atoms with Crippen LogP contribution in [0.2, 0.25) is 12.6 Å². The van der Waals surface area contributed by atoms with Crippen molar-refractivity contribution in [3.63, 3.8) is 0 Å². The molecule has 4 unspecified atom stereocenters. The van der Waals surface area contributed by atoms with Crippen molar-refractivity contribution in [2.45, 2.75) is 101 Å². The predicted octanol–water partition coefficient (Wildman–Crippen LogP) is 9.45. The molecule has 0 bridgehead atoms. The Labute approximate surface area is 233 Å². The number of hydrogen-bond acceptors (Lipinski definition) is 1. The average Bonchev–Trinajstić information content (AvgIpc) is 3.50. The Morgan fingerprint density at radius 1 is 0.763 bits per heavy atom. The van der Waals surface area contributed by atoms with Gasteiger partial charge in [0.25, 0.3) is 0 Å². The van der Waals surface area contributed by atoms with Gasteiger partial charge in [0.15, 0.2) is 0 Å². The Morgan fingerprint density at radius 2 is 1.42 bits per heavy atom. The maximum absolute atomic E-state index is 6.00. The number of aryl methyl sites for hydroxylation is 1. The zero-order valence-electron chi connectivity index (χ0n) is 24.2. The fourth-order valence-corrected chi connectivity index (χ4v) is 14.0. The summed E-state index contributed by atoms with van der Waals surface area (Å²) in [7, 11) is -1.73. The highest BCUT2D eigenvalue weighted by Gasteiger charge is 2.51. The summed E-state index contributed by atoms with van der Waals surface area (Å²) in [6.45, 7) is 10.2. The number of fused-ring (bicyclic) bond motifs is 2. The van der Waals surface area contributed by atoms with Crippen molar-refractivity contribution >= 4 is 8.07 Å². The standard InChI is InChI=1S/C36H48OSi/c1-36(2,3)37-24-14-5-6-15-25-38(4,34-23-22-29-18-10-12-20-32(29)34)35-31(26-28-16-8-7-9-17-28)27-30-19-11-13-21-33(30)35/h7-13,16-21,31,34-35H,5-6,14-15,22-27H2,1-4H3. The fraction of sp³-hybridized carbons (Fsp3) is 0.500. The zero-order valence-corrected chi connectivity index (χ0v) is 25.2. The third kappa shape index (κ3) is 6.18. The van der Waals surface area contributed by atoms with Crippen molar-refractivity contribution < 1.29 is 4.74 Å². The van der Waals surface area contributed by atoms with E-state index in [0.717, 1.165) is 23.6 Å². The topological polar surface area (TPSA) is 9.23 Å². The highest BCUT2D eigenvalue weighted by Crippen LogP contribution is 2.54. The molecule has 0 aromatic heterocycles. The van der Waals surface area contributed by atoms with Gasteiger partial charge >= 0.3 is 0 Å². The van der Waals surface area contributed by atoms with Crippen molar-refractivity contribution in [2.75, 3.05) is 6.61 Å². The van der Waals surface area contributed by atoms with Crippen molar-refractivity contribution in [2.24, 2.45) is 5.92 Å². The molecule has 3 aromatic carbocycles. The molecule has 2 aliphatic carbocycles. The third-order valence-electron chi connectivity index (χ3n) is 9.47. The van der Waals surface area contributed by atoms with E-state index in [1.54, 1.807) is 22.3 Å². The zero-order chi connectivity index (χ0) is 26.6. The minimum absolute atomic E-state index is 0.0228. The van der Waals surface area contributed by atoms with Crippen LogP contribution in [0.3, 0.4) is 0 Å². The lowest BCUT2D eigenvalue weighted by atomic mass is 9.96. The molecular formula is C36H48OSi. The molecular weight excluding hydrogens is 476 g/mol. The molecule has 0 amide bonds. The molecule has 0 aliphatic heterocycles. The van der Waals surface area contributed by atoms with E-state index in [2.05, 4.69) is 106 Å². The van der Waals surface area contributed by atoms with Crippen LogP contribution in [0.15, 0.2) is 78.9 Å². The summed E-state index contributed by atoms with van der Waals surface area (Å²) in [5.41, 5.74) is 9.65. The summed E-state index contributed by atoms with van der Waals surface area (Å²) in [6, 6.07) is 31.7. The smallest absolute Gasteiger partial charge is 0.0661 e. The van der Waals surface area contributed by atoms with E-state index in [4.69, 9.17) is 4.74 Å². The minimum Gasteiger partial charge on any atom is -0.376 e. The molecule has 0 radical (unpaired) electrons. The third-order valence-corrected chi connectivity index (χ3v) is 15.3. The van der Waals surface area contributed by atoms with E-state index in [9.17, 15) is 0 Å². The van der Waals surface area contributed by atoms with E-state index in [0.29, 0.717) is 0 Å². The van der Waals surface area contributed by atoms with Crippen LogP contribution < -0.4 is 0 Å². The van der Waals surface area contributed by atoms with Gasteiger partial charge in [0.05, 0.1) is 13.7 Å². The van der Waals surface area contributed by atoms with Gasteiger partial charge < -0.3 is 4.74 Å². The molecule has 0 fully saturated rings. The summed E-state index contributed by atoms with van der Waals surface area (Å²) in [5, 5.41) is 0. The van der Waals surface area contributed by atoms with E-state index in [-0.39, 0.29) is 5.60 Å². The largest absolute Gasteiger partial charge is 0.376 e. The Bertz CT molecular complexity index is 1180. The lowest BCUT2D eigenvalue weighted by Crippen LogP contribution is -2.47. The van der Waals surface area contributed by atoms with Gasteiger partial charge in [0.1, 0.15) is 0 Å². The SMILES string of the molecule is CC(C)(C)OCCCCCC[Si](C)(C1CCc2ccccc21)C1c2ccccc2CC1Cc1ccccc1. The molecule has 5 rings (SSSR count). The molecule has 202 valence electrons. The van der Waals surface area contributed by atoms with Gasteiger partial charge in [0, 0.05) is 6.61 Å². The van der Waals surface area contributed by atoms with Crippen LogP contribution in [0.25, 0.3) is 0 Å². The van der Waals surface area contributed by atoms with E-state index in [1.165, 1.54) is 63.0 Å². The van der Waals surface area contributed by atoms with Crippen LogP contribution in [0.1, 0.15) is 91.8 Å². The number of unbranched alkanes of at least 4 members (excludes halogenated alkanes) is 3. The molecule has 0 spiro atoms. The second kappa shape index (κ2) is 11.9. The highest BCUT2D eigenvalue weighted by atomic mass is 28.3. The second-order valence-corrected chi connectivity index (χ2v) is 18.1. The monoisotopic (exact) mass is 524 g/mol. The number of ether oxygens (including phenoxy) is 1. The van der Waals surface area contributed by atoms with Crippen molar-refractivity contribution in [3.05, 3.63) is 107 Å². The number of rotatable bonds is 11. The first kappa shape index (κ1) is 27.4. The lowest BCUT2D eigenvalue weighted by Gasteiger charge is -2.43. The molecule has 0 saturated heterocycles. The van der Waals surface area contributed by atoms with Crippen LogP contribution >= 0.6 is 0 Å². The molecule has 2 aliphatic rings. The predicted molar refractivity (Wildman–Crippen MR) is 165 cm³/mol. The number of benzene rings is 3. The van der Waals surface area contributed by atoms with Crippen LogP contribution in [0, 0.1) is 5.92 Å². The summed E-state index contributed by atoms with van der Waals surface area (Å²) in [4.78, 5) is 0. The van der Waals surface area contributed by atoms with Gasteiger partial charge in [-0.1, -0.05) is 111 Å². The summed E-state index contributed by atoms with van der Waals surface area (Å²) < 4.78 is 6.00. The quantitative estimate of drug-likeness (QED) is 0.179. The first-order chi connectivity index (χ1) is 18.4. The van der Waals surface area contributed by atoms with Crippen molar-refractivity contribution in [1.82, 2.24) is 0 Å². The van der Waals surface area contributed by atoms with Crippen LogP contribution in [-0.2, 0) is 24.0 Å². The molecule has 38 heavy (non-hydrogen) atoms. The van der Waals surface area contributed by atoms with E-state index in [1.807, 2.05) is 0 Å². The minimum atomic E-state index is -1.73. The Kier molecular flexibility index (Phi) is 8.60. The van der Waals surface area contributed by atoms with E-state index < -0.39 is 8.07 Å². The highest BCUT2D eigenvalue weighted by molar-refractivity contribution is 6.81. The van der Waals surface area contributed by atoms with Crippen LogP contribution in [0.4, 0.5) is 0 Å². The Balaban J connectivity index is 1.40. The van der Waals surface area contributed by atoms with Crippen molar-refractivity contribution in [3.8, 4) is 0 Å². The second-order valence-electron chi connectivity index (χ2n) is 13.3. The molecule has 0 N–H and O–H groups in total. The maximum atomic E-state index is 6.00. The molecule has 2 heteroatoms. The van der Waals surface area contributed by atoms with Crippen molar-refractivity contribution in [1.29, 1.82) is 0 Å². The first-order valence-corrected chi connectivity index (χ1v) is 18.0.